The van der Waals surface area contributed by atoms with E-state index in [1.54, 1.807) is 0 Å². The Bertz CT molecular complexity index is 813. The highest BCUT2D eigenvalue weighted by atomic mass is 35.5. The summed E-state index contributed by atoms with van der Waals surface area (Å²) in [6.45, 7) is 3.02. The molecule has 0 fully saturated rings. The number of imidazole rings is 1. The van der Waals surface area contributed by atoms with Crippen molar-refractivity contribution < 1.29 is 0 Å². The van der Waals surface area contributed by atoms with Crippen LogP contribution in [0.15, 0.2) is 60.8 Å². The highest BCUT2D eigenvalue weighted by Gasteiger charge is 2.15. The maximum absolute atomic E-state index is 6.12. The Balaban J connectivity index is 1.70. The molecule has 2 N–H and O–H groups in total. The van der Waals surface area contributed by atoms with Gasteiger partial charge in [-0.3, -0.25) is 0 Å². The van der Waals surface area contributed by atoms with E-state index in [1.165, 1.54) is 31.2 Å². The number of aromatic nitrogens is 2. The minimum Gasteiger partial charge on any atom is -0.341 e. The molecule has 0 aliphatic carbocycles. The second-order valence-electron chi connectivity index (χ2n) is 6.96. The Labute approximate surface area is 167 Å². The molecule has 4 heteroatoms. The number of nitrogens with zero attached hydrogens (tertiary/aromatic N) is 1. The number of hydrogen-bond acceptors (Lipinski definition) is 2. The van der Waals surface area contributed by atoms with Crippen molar-refractivity contribution in [1.82, 2.24) is 15.3 Å². The van der Waals surface area contributed by atoms with Gasteiger partial charge in [0.25, 0.3) is 0 Å². The molecule has 27 heavy (non-hydrogen) atoms. The summed E-state index contributed by atoms with van der Waals surface area (Å²) in [5.74, 6) is 1.01. The van der Waals surface area contributed by atoms with Crippen LogP contribution in [0.3, 0.4) is 0 Å². The Morgan fingerprint density at radius 3 is 2.67 bits per heavy atom. The van der Waals surface area contributed by atoms with Crippen molar-refractivity contribution in [3.8, 4) is 11.3 Å². The summed E-state index contributed by atoms with van der Waals surface area (Å²) in [5.41, 5.74) is 3.42. The van der Waals surface area contributed by atoms with Gasteiger partial charge in [0.1, 0.15) is 5.82 Å². The fourth-order valence-electron chi connectivity index (χ4n) is 3.28. The van der Waals surface area contributed by atoms with Crippen molar-refractivity contribution in [2.45, 2.75) is 51.6 Å². The van der Waals surface area contributed by atoms with E-state index >= 15 is 0 Å². The van der Waals surface area contributed by atoms with Crippen LogP contribution in [-0.2, 0) is 6.54 Å². The Morgan fingerprint density at radius 2 is 1.89 bits per heavy atom. The van der Waals surface area contributed by atoms with Crippen molar-refractivity contribution >= 4 is 11.6 Å². The van der Waals surface area contributed by atoms with Crippen LogP contribution in [0.4, 0.5) is 0 Å². The molecule has 0 aliphatic rings. The molecule has 3 nitrogen and oxygen atoms in total. The quantitative estimate of drug-likeness (QED) is 0.392. The highest BCUT2D eigenvalue weighted by Crippen LogP contribution is 2.23. The molecule has 0 spiro atoms. The highest BCUT2D eigenvalue weighted by molar-refractivity contribution is 6.30. The van der Waals surface area contributed by atoms with E-state index < -0.39 is 0 Å². The summed E-state index contributed by atoms with van der Waals surface area (Å²) >= 11 is 6.12. The van der Waals surface area contributed by atoms with Gasteiger partial charge >= 0.3 is 0 Å². The van der Waals surface area contributed by atoms with Crippen molar-refractivity contribution in [1.29, 1.82) is 0 Å². The molecule has 1 heterocycles. The van der Waals surface area contributed by atoms with Gasteiger partial charge in [-0.25, -0.2) is 4.98 Å². The lowest BCUT2D eigenvalue weighted by molar-refractivity contribution is 0.453. The third kappa shape index (κ3) is 5.95. The molecule has 2 aromatic carbocycles. The SMILES string of the molecule is CCCCCC[C@H](NCc1cccc(Cl)c1)c1ncc(-c2ccccc2)[nH]1. The first-order chi connectivity index (χ1) is 13.3. The van der Waals surface area contributed by atoms with Crippen LogP contribution >= 0.6 is 11.6 Å². The summed E-state index contributed by atoms with van der Waals surface area (Å²) < 4.78 is 0. The van der Waals surface area contributed by atoms with Crippen molar-refractivity contribution in [3.63, 3.8) is 0 Å². The van der Waals surface area contributed by atoms with Crippen LogP contribution in [0.25, 0.3) is 11.3 Å². The number of aromatic amines is 1. The van der Waals surface area contributed by atoms with Crippen LogP contribution in [0.5, 0.6) is 0 Å². The van der Waals surface area contributed by atoms with Crippen molar-refractivity contribution in [2.75, 3.05) is 0 Å². The monoisotopic (exact) mass is 381 g/mol. The van der Waals surface area contributed by atoms with Gasteiger partial charge < -0.3 is 10.3 Å². The minimum atomic E-state index is 0.207. The fraction of sp³-hybridized carbons (Fsp3) is 0.348. The molecule has 142 valence electrons. The van der Waals surface area contributed by atoms with Gasteiger partial charge in [-0.2, -0.15) is 0 Å². The van der Waals surface area contributed by atoms with Gasteiger partial charge in [0, 0.05) is 11.6 Å². The zero-order valence-corrected chi connectivity index (χ0v) is 16.7. The largest absolute Gasteiger partial charge is 0.341 e. The lowest BCUT2D eigenvalue weighted by Gasteiger charge is -2.17. The Hall–Kier alpha value is -2.10. The van der Waals surface area contributed by atoms with Crippen LogP contribution in [0.2, 0.25) is 5.02 Å². The first-order valence-corrected chi connectivity index (χ1v) is 10.2. The van der Waals surface area contributed by atoms with Crippen LogP contribution in [-0.4, -0.2) is 9.97 Å². The molecule has 3 rings (SSSR count). The van der Waals surface area contributed by atoms with Gasteiger partial charge in [0.15, 0.2) is 0 Å². The smallest absolute Gasteiger partial charge is 0.123 e. The summed E-state index contributed by atoms with van der Waals surface area (Å²) in [4.78, 5) is 8.20. The summed E-state index contributed by atoms with van der Waals surface area (Å²) in [6, 6.07) is 18.6. The number of H-pyrrole nitrogens is 1. The Kier molecular flexibility index (Phi) is 7.49. The predicted octanol–water partition coefficient (Wildman–Crippen LogP) is 6.53. The van der Waals surface area contributed by atoms with Crippen LogP contribution in [0, 0.1) is 0 Å². The zero-order valence-electron chi connectivity index (χ0n) is 15.9. The molecule has 1 aromatic heterocycles. The molecule has 0 radical (unpaired) electrons. The van der Waals surface area contributed by atoms with Crippen molar-refractivity contribution in [2.24, 2.45) is 0 Å². The average molecular weight is 382 g/mol. The molecule has 0 saturated carbocycles. The van der Waals surface area contributed by atoms with Gasteiger partial charge in [0.05, 0.1) is 17.9 Å². The van der Waals surface area contributed by atoms with Gasteiger partial charge in [0.2, 0.25) is 0 Å². The summed E-state index contributed by atoms with van der Waals surface area (Å²) in [6.07, 6.45) is 8.00. The summed E-state index contributed by atoms with van der Waals surface area (Å²) in [7, 11) is 0. The molecule has 0 bridgehead atoms. The third-order valence-corrected chi connectivity index (χ3v) is 5.03. The van der Waals surface area contributed by atoms with Crippen molar-refractivity contribution in [3.05, 3.63) is 77.2 Å². The number of unbranched alkanes of at least 4 members (excludes halogenated alkanes) is 3. The van der Waals surface area contributed by atoms with Gasteiger partial charge in [-0.05, 0) is 29.7 Å². The lowest BCUT2D eigenvalue weighted by atomic mass is 10.1. The van der Waals surface area contributed by atoms with Crippen LogP contribution < -0.4 is 5.32 Å². The molecule has 0 aliphatic heterocycles. The normalized spacial score (nSPS) is 12.2. The topological polar surface area (TPSA) is 40.7 Å². The molecule has 0 amide bonds. The van der Waals surface area contributed by atoms with E-state index in [0.717, 1.165) is 35.1 Å². The lowest BCUT2D eigenvalue weighted by Crippen LogP contribution is -2.22. The van der Waals surface area contributed by atoms with E-state index in [9.17, 15) is 0 Å². The number of halogens is 1. The number of hydrogen-bond donors (Lipinski definition) is 2. The van der Waals surface area contributed by atoms with Gasteiger partial charge in [-0.1, -0.05) is 86.7 Å². The molecule has 0 unspecified atom stereocenters. The maximum Gasteiger partial charge on any atom is 0.123 e. The third-order valence-electron chi connectivity index (χ3n) is 4.80. The fourth-order valence-corrected chi connectivity index (χ4v) is 3.49. The van der Waals surface area contributed by atoms with E-state index in [-0.39, 0.29) is 6.04 Å². The zero-order chi connectivity index (χ0) is 18.9. The maximum atomic E-state index is 6.12. The Morgan fingerprint density at radius 1 is 1.04 bits per heavy atom. The second-order valence-corrected chi connectivity index (χ2v) is 7.40. The molecular formula is C23H28ClN3. The number of benzene rings is 2. The minimum absolute atomic E-state index is 0.207. The first-order valence-electron chi connectivity index (χ1n) is 9.84. The molecule has 1 atom stereocenters. The van der Waals surface area contributed by atoms with Gasteiger partial charge in [-0.15, -0.1) is 0 Å². The standard InChI is InChI=1S/C23H28ClN3/c1-2-3-4-8-14-21(25-16-18-10-9-13-20(24)15-18)23-26-17-22(27-23)19-11-6-5-7-12-19/h5-7,9-13,15,17,21,25H,2-4,8,14,16H2,1H3,(H,26,27)/t21-/m0/s1. The van der Waals surface area contributed by atoms with E-state index in [0.29, 0.717) is 0 Å². The van der Waals surface area contributed by atoms with E-state index in [1.807, 2.05) is 30.5 Å². The van der Waals surface area contributed by atoms with Crippen LogP contribution in [0.1, 0.15) is 56.5 Å². The first kappa shape index (κ1) is 19.7. The van der Waals surface area contributed by atoms with E-state index in [4.69, 9.17) is 11.6 Å². The average Bonchev–Trinajstić information content (AvgIpc) is 3.18. The molecule has 3 aromatic rings. The molecule has 0 saturated heterocycles. The number of nitrogens with one attached hydrogen (secondary N) is 2. The second kappa shape index (κ2) is 10.3. The number of rotatable bonds is 10. The summed E-state index contributed by atoms with van der Waals surface area (Å²) in [5, 5.41) is 4.44. The van der Waals surface area contributed by atoms with E-state index in [2.05, 4.69) is 52.5 Å². The predicted molar refractivity (Wildman–Crippen MR) is 114 cm³/mol. The molecular weight excluding hydrogens is 354 g/mol.